The SMILES string of the molecule is CN1CCC[C@@H]1CNC(=O)c1ccc(S(=O)(=O)C2CC2)cc1. The number of likely N-dealkylation sites (tertiary alicyclic amines) is 1. The van der Waals surface area contributed by atoms with E-state index in [0.717, 1.165) is 25.8 Å². The first-order chi connectivity index (χ1) is 10.5. The van der Waals surface area contributed by atoms with Crippen LogP contribution in [0.4, 0.5) is 0 Å². The lowest BCUT2D eigenvalue weighted by Crippen LogP contribution is -2.38. The van der Waals surface area contributed by atoms with Crippen LogP contribution in [0.3, 0.4) is 0 Å². The maximum atomic E-state index is 12.1. The lowest BCUT2D eigenvalue weighted by Gasteiger charge is -2.19. The Morgan fingerprint density at radius 3 is 2.45 bits per heavy atom. The summed E-state index contributed by atoms with van der Waals surface area (Å²) < 4.78 is 24.2. The van der Waals surface area contributed by atoms with E-state index in [9.17, 15) is 13.2 Å². The molecule has 120 valence electrons. The zero-order valence-electron chi connectivity index (χ0n) is 12.8. The first kappa shape index (κ1) is 15.5. The van der Waals surface area contributed by atoms with Crippen LogP contribution in [0, 0.1) is 0 Å². The van der Waals surface area contributed by atoms with E-state index in [1.54, 1.807) is 24.3 Å². The molecule has 1 aliphatic carbocycles. The van der Waals surface area contributed by atoms with Crippen LogP contribution in [-0.2, 0) is 9.84 Å². The molecule has 1 aliphatic heterocycles. The van der Waals surface area contributed by atoms with Crippen molar-refractivity contribution in [3.8, 4) is 0 Å². The van der Waals surface area contributed by atoms with E-state index in [4.69, 9.17) is 0 Å². The largest absolute Gasteiger partial charge is 0.350 e. The normalized spacial score (nSPS) is 22.7. The summed E-state index contributed by atoms with van der Waals surface area (Å²) in [6.07, 6.45) is 3.78. The van der Waals surface area contributed by atoms with E-state index in [1.165, 1.54) is 6.42 Å². The van der Waals surface area contributed by atoms with Crippen molar-refractivity contribution in [1.29, 1.82) is 0 Å². The molecule has 1 aromatic carbocycles. The molecule has 1 heterocycles. The van der Waals surface area contributed by atoms with Crippen LogP contribution in [-0.4, -0.2) is 50.7 Å². The molecule has 2 fully saturated rings. The second-order valence-corrected chi connectivity index (χ2v) is 8.48. The number of likely N-dealkylation sites (N-methyl/N-ethyl adjacent to an activating group) is 1. The zero-order valence-corrected chi connectivity index (χ0v) is 13.6. The van der Waals surface area contributed by atoms with Crippen LogP contribution in [0.2, 0.25) is 0 Å². The molecule has 2 aliphatic rings. The summed E-state index contributed by atoms with van der Waals surface area (Å²) in [5, 5.41) is 2.72. The van der Waals surface area contributed by atoms with Gasteiger partial charge < -0.3 is 10.2 Å². The minimum absolute atomic E-state index is 0.143. The molecular formula is C16H22N2O3S. The van der Waals surface area contributed by atoms with Gasteiger partial charge in [0.25, 0.3) is 5.91 Å². The van der Waals surface area contributed by atoms with Crippen molar-refractivity contribution < 1.29 is 13.2 Å². The van der Waals surface area contributed by atoms with E-state index in [1.807, 2.05) is 0 Å². The summed E-state index contributed by atoms with van der Waals surface area (Å²) in [4.78, 5) is 14.7. The third-order valence-electron chi connectivity index (χ3n) is 4.58. The fourth-order valence-corrected chi connectivity index (χ4v) is 4.57. The Morgan fingerprint density at radius 1 is 1.23 bits per heavy atom. The van der Waals surface area contributed by atoms with Gasteiger partial charge in [0.1, 0.15) is 0 Å². The highest BCUT2D eigenvalue weighted by atomic mass is 32.2. The van der Waals surface area contributed by atoms with Crippen LogP contribution in [0.25, 0.3) is 0 Å². The first-order valence-corrected chi connectivity index (χ1v) is 9.35. The molecule has 6 heteroatoms. The van der Waals surface area contributed by atoms with Gasteiger partial charge in [0.2, 0.25) is 0 Å². The number of amides is 1. The number of sulfone groups is 1. The average molecular weight is 322 g/mol. The number of carbonyl (C=O) groups is 1. The lowest BCUT2D eigenvalue weighted by molar-refractivity contribution is 0.0943. The fourth-order valence-electron chi connectivity index (χ4n) is 2.92. The summed E-state index contributed by atoms with van der Waals surface area (Å²) in [5.74, 6) is -0.143. The van der Waals surface area contributed by atoms with E-state index in [2.05, 4.69) is 17.3 Å². The predicted molar refractivity (Wildman–Crippen MR) is 84.6 cm³/mol. The number of hydrogen-bond donors (Lipinski definition) is 1. The smallest absolute Gasteiger partial charge is 0.251 e. The van der Waals surface area contributed by atoms with Crippen molar-refractivity contribution in [2.24, 2.45) is 0 Å². The molecule has 0 spiro atoms. The second-order valence-electron chi connectivity index (χ2n) is 6.26. The minimum atomic E-state index is -3.18. The summed E-state index contributed by atoms with van der Waals surface area (Å²) in [6.45, 7) is 1.71. The molecule has 1 saturated heterocycles. The Labute approximate surface area is 131 Å². The molecule has 0 bridgehead atoms. The van der Waals surface area contributed by atoms with Crippen LogP contribution >= 0.6 is 0 Å². The highest BCUT2D eigenvalue weighted by Crippen LogP contribution is 2.33. The topological polar surface area (TPSA) is 66.5 Å². The van der Waals surface area contributed by atoms with Crippen LogP contribution in [0.15, 0.2) is 29.2 Å². The molecule has 1 atom stereocenters. The average Bonchev–Trinajstić information content (AvgIpc) is 3.29. The predicted octanol–water partition coefficient (Wildman–Crippen LogP) is 1.45. The van der Waals surface area contributed by atoms with Crippen LogP contribution in [0.5, 0.6) is 0 Å². The van der Waals surface area contributed by atoms with Gasteiger partial charge in [-0.3, -0.25) is 4.79 Å². The maximum Gasteiger partial charge on any atom is 0.251 e. The molecule has 1 amide bonds. The van der Waals surface area contributed by atoms with Crippen molar-refractivity contribution >= 4 is 15.7 Å². The monoisotopic (exact) mass is 322 g/mol. The van der Waals surface area contributed by atoms with Gasteiger partial charge in [0, 0.05) is 18.2 Å². The highest BCUT2D eigenvalue weighted by Gasteiger charge is 2.36. The molecule has 5 nitrogen and oxygen atoms in total. The Hall–Kier alpha value is -1.40. The van der Waals surface area contributed by atoms with Gasteiger partial charge in [-0.15, -0.1) is 0 Å². The third kappa shape index (κ3) is 3.17. The maximum absolute atomic E-state index is 12.1. The minimum Gasteiger partial charge on any atom is -0.350 e. The lowest BCUT2D eigenvalue weighted by atomic mass is 10.2. The van der Waals surface area contributed by atoms with E-state index >= 15 is 0 Å². The molecule has 1 aromatic rings. The van der Waals surface area contributed by atoms with Crippen molar-refractivity contribution in [3.63, 3.8) is 0 Å². The summed E-state index contributed by atoms with van der Waals surface area (Å²) in [5.41, 5.74) is 0.510. The van der Waals surface area contributed by atoms with E-state index in [-0.39, 0.29) is 11.2 Å². The molecule has 1 saturated carbocycles. The second kappa shape index (κ2) is 6.01. The van der Waals surface area contributed by atoms with Crippen molar-refractivity contribution in [1.82, 2.24) is 10.2 Å². The highest BCUT2D eigenvalue weighted by molar-refractivity contribution is 7.92. The third-order valence-corrected chi connectivity index (χ3v) is 6.86. The van der Waals surface area contributed by atoms with Gasteiger partial charge in [0.15, 0.2) is 9.84 Å². The van der Waals surface area contributed by atoms with Crippen LogP contribution < -0.4 is 5.32 Å². The number of rotatable bonds is 5. The van der Waals surface area contributed by atoms with Gasteiger partial charge in [-0.1, -0.05) is 0 Å². The molecule has 22 heavy (non-hydrogen) atoms. The number of carbonyl (C=O) groups excluding carboxylic acids is 1. The summed E-state index contributed by atoms with van der Waals surface area (Å²) >= 11 is 0. The molecular weight excluding hydrogens is 300 g/mol. The molecule has 3 rings (SSSR count). The number of nitrogens with zero attached hydrogens (tertiary/aromatic N) is 1. The Balaban J connectivity index is 1.61. The standard InChI is InChI=1S/C16H22N2O3S/c1-18-10-2-3-13(18)11-17-16(19)12-4-6-14(7-5-12)22(20,21)15-8-9-15/h4-7,13,15H,2-3,8-11H2,1H3,(H,17,19)/t13-/m1/s1. The van der Waals surface area contributed by atoms with E-state index < -0.39 is 9.84 Å². The van der Waals surface area contributed by atoms with Crippen LogP contribution in [0.1, 0.15) is 36.0 Å². The fraction of sp³-hybridized carbons (Fsp3) is 0.562. The molecule has 0 radical (unpaired) electrons. The van der Waals surface area contributed by atoms with Crippen molar-refractivity contribution in [2.75, 3.05) is 20.1 Å². The number of nitrogens with one attached hydrogen (secondary N) is 1. The van der Waals surface area contributed by atoms with Gasteiger partial charge >= 0.3 is 0 Å². The van der Waals surface area contributed by atoms with Gasteiger partial charge in [-0.25, -0.2) is 8.42 Å². The number of hydrogen-bond acceptors (Lipinski definition) is 4. The quantitative estimate of drug-likeness (QED) is 0.891. The first-order valence-electron chi connectivity index (χ1n) is 7.81. The molecule has 0 unspecified atom stereocenters. The summed E-state index contributed by atoms with van der Waals surface area (Å²) in [6, 6.07) is 6.69. The van der Waals surface area contributed by atoms with E-state index in [0.29, 0.717) is 23.0 Å². The van der Waals surface area contributed by atoms with Gasteiger partial charge in [0.05, 0.1) is 10.1 Å². The number of benzene rings is 1. The van der Waals surface area contributed by atoms with Crippen molar-refractivity contribution in [2.45, 2.75) is 41.9 Å². The molecule has 0 aromatic heterocycles. The Bertz CT molecular complexity index is 650. The van der Waals surface area contributed by atoms with Gasteiger partial charge in [-0.2, -0.15) is 0 Å². The molecule has 1 N–H and O–H groups in total. The Morgan fingerprint density at radius 2 is 1.91 bits per heavy atom. The Kier molecular flexibility index (Phi) is 4.23. The summed E-state index contributed by atoms with van der Waals surface area (Å²) in [7, 11) is -1.11. The van der Waals surface area contributed by atoms with Gasteiger partial charge in [-0.05, 0) is 63.5 Å². The van der Waals surface area contributed by atoms with Crippen molar-refractivity contribution in [3.05, 3.63) is 29.8 Å². The zero-order chi connectivity index (χ0) is 15.7.